The van der Waals surface area contributed by atoms with Crippen molar-refractivity contribution in [1.82, 2.24) is 9.97 Å². The SMILES string of the molecule is CC(=O)N(c1nccc(=O)[nH]1)S(=O)(=O)c1ccc(N)cc1. The van der Waals surface area contributed by atoms with Crippen LogP contribution in [0.4, 0.5) is 11.6 Å². The minimum atomic E-state index is -4.19. The van der Waals surface area contributed by atoms with Crippen molar-refractivity contribution in [3.63, 3.8) is 0 Å². The van der Waals surface area contributed by atoms with Crippen LogP contribution in [0.25, 0.3) is 0 Å². The molecule has 2 rings (SSSR count). The number of anilines is 2. The van der Waals surface area contributed by atoms with Crippen LogP contribution in [0.1, 0.15) is 6.92 Å². The summed E-state index contributed by atoms with van der Waals surface area (Å²) in [7, 11) is -4.19. The van der Waals surface area contributed by atoms with Crippen LogP contribution in [0, 0.1) is 0 Å². The Morgan fingerprint density at radius 3 is 2.38 bits per heavy atom. The summed E-state index contributed by atoms with van der Waals surface area (Å²) >= 11 is 0. The van der Waals surface area contributed by atoms with E-state index < -0.39 is 21.5 Å². The molecule has 1 aromatic carbocycles. The Morgan fingerprint density at radius 1 is 1.24 bits per heavy atom. The number of sulfonamides is 1. The van der Waals surface area contributed by atoms with Crippen LogP contribution in [-0.2, 0) is 14.8 Å². The molecule has 0 fully saturated rings. The normalized spacial score (nSPS) is 11.1. The highest BCUT2D eigenvalue weighted by atomic mass is 32.2. The van der Waals surface area contributed by atoms with Crippen molar-refractivity contribution >= 4 is 27.6 Å². The molecule has 0 saturated carbocycles. The lowest BCUT2D eigenvalue weighted by Gasteiger charge is -2.19. The fourth-order valence-electron chi connectivity index (χ4n) is 1.64. The zero-order valence-electron chi connectivity index (χ0n) is 11.0. The van der Waals surface area contributed by atoms with Gasteiger partial charge in [-0.15, -0.1) is 0 Å². The summed E-state index contributed by atoms with van der Waals surface area (Å²) in [6.45, 7) is 1.06. The molecule has 0 radical (unpaired) electrons. The number of aromatic amines is 1. The van der Waals surface area contributed by atoms with Crippen molar-refractivity contribution in [3.05, 3.63) is 46.9 Å². The van der Waals surface area contributed by atoms with Gasteiger partial charge in [-0.25, -0.2) is 13.4 Å². The smallest absolute Gasteiger partial charge is 0.273 e. The van der Waals surface area contributed by atoms with E-state index >= 15 is 0 Å². The number of aromatic nitrogens is 2. The minimum Gasteiger partial charge on any atom is -0.399 e. The van der Waals surface area contributed by atoms with Gasteiger partial charge in [-0.05, 0) is 24.3 Å². The Kier molecular flexibility index (Phi) is 3.76. The predicted octanol–water partition coefficient (Wildman–Crippen LogP) is 0.0939. The Bertz CT molecular complexity index is 827. The Hall–Kier alpha value is -2.68. The number of H-pyrrole nitrogens is 1. The molecule has 0 saturated heterocycles. The van der Waals surface area contributed by atoms with Crippen LogP contribution in [0.5, 0.6) is 0 Å². The minimum absolute atomic E-state index is 0.140. The highest BCUT2D eigenvalue weighted by molar-refractivity contribution is 7.93. The van der Waals surface area contributed by atoms with Crippen molar-refractivity contribution < 1.29 is 13.2 Å². The van der Waals surface area contributed by atoms with Crippen LogP contribution in [0.2, 0.25) is 0 Å². The maximum atomic E-state index is 12.5. The number of nitrogens with two attached hydrogens (primary N) is 1. The molecule has 0 spiro atoms. The van der Waals surface area contributed by atoms with E-state index in [-0.39, 0.29) is 10.8 Å². The van der Waals surface area contributed by atoms with E-state index in [1.165, 1.54) is 24.3 Å². The molecule has 0 aliphatic rings. The number of nitrogens with one attached hydrogen (secondary N) is 1. The third-order valence-electron chi connectivity index (χ3n) is 2.55. The quantitative estimate of drug-likeness (QED) is 0.774. The summed E-state index contributed by atoms with van der Waals surface area (Å²) in [5.74, 6) is -1.17. The molecule has 110 valence electrons. The Balaban J connectivity index is 2.59. The van der Waals surface area contributed by atoms with E-state index in [0.717, 1.165) is 19.2 Å². The van der Waals surface area contributed by atoms with E-state index in [0.29, 0.717) is 9.99 Å². The zero-order valence-corrected chi connectivity index (χ0v) is 11.8. The van der Waals surface area contributed by atoms with Gasteiger partial charge in [-0.2, -0.15) is 4.31 Å². The number of carbonyl (C=O) groups is 1. The molecule has 0 unspecified atom stereocenters. The first-order valence-corrected chi connectivity index (χ1v) is 7.23. The van der Waals surface area contributed by atoms with Gasteiger partial charge in [0.25, 0.3) is 15.6 Å². The van der Waals surface area contributed by atoms with Gasteiger partial charge in [0.2, 0.25) is 11.9 Å². The van der Waals surface area contributed by atoms with Gasteiger partial charge in [-0.3, -0.25) is 14.6 Å². The highest BCUT2D eigenvalue weighted by Crippen LogP contribution is 2.20. The van der Waals surface area contributed by atoms with Crippen molar-refractivity contribution in [2.24, 2.45) is 0 Å². The van der Waals surface area contributed by atoms with Gasteiger partial charge >= 0.3 is 0 Å². The molecule has 3 N–H and O–H groups in total. The standard InChI is InChI=1S/C12H12N4O4S/c1-8(17)16(12-14-7-6-11(18)15-12)21(19,20)10-4-2-9(13)3-5-10/h2-7H,13H2,1H3,(H,14,15,18). The van der Waals surface area contributed by atoms with E-state index in [9.17, 15) is 18.0 Å². The van der Waals surface area contributed by atoms with E-state index in [4.69, 9.17) is 5.73 Å². The van der Waals surface area contributed by atoms with Crippen molar-refractivity contribution in [2.45, 2.75) is 11.8 Å². The van der Waals surface area contributed by atoms with Crippen LogP contribution in [0.3, 0.4) is 0 Å². The summed E-state index contributed by atoms with van der Waals surface area (Å²) in [5, 5.41) is 0. The molecule has 1 amide bonds. The van der Waals surface area contributed by atoms with Crippen LogP contribution < -0.4 is 15.6 Å². The second kappa shape index (κ2) is 5.37. The molecule has 0 aliphatic heterocycles. The fourth-order valence-corrected chi connectivity index (χ4v) is 2.99. The van der Waals surface area contributed by atoms with E-state index in [1.54, 1.807) is 0 Å². The molecular formula is C12H12N4O4S. The first kappa shape index (κ1) is 14.7. The number of nitrogens with zero attached hydrogens (tertiary/aromatic N) is 2. The number of hydrogen-bond donors (Lipinski definition) is 2. The lowest BCUT2D eigenvalue weighted by Crippen LogP contribution is -2.37. The van der Waals surface area contributed by atoms with Crippen molar-refractivity contribution in [2.75, 3.05) is 10.0 Å². The monoisotopic (exact) mass is 308 g/mol. The molecule has 0 bridgehead atoms. The summed E-state index contributed by atoms with van der Waals surface area (Å²) in [6, 6.07) is 6.43. The summed E-state index contributed by atoms with van der Waals surface area (Å²) in [4.78, 5) is 28.8. The molecule has 2 aromatic rings. The third kappa shape index (κ3) is 2.92. The van der Waals surface area contributed by atoms with Crippen LogP contribution in [0.15, 0.2) is 46.2 Å². The van der Waals surface area contributed by atoms with Gasteiger partial charge in [0, 0.05) is 24.9 Å². The maximum absolute atomic E-state index is 12.5. The van der Waals surface area contributed by atoms with Crippen molar-refractivity contribution in [1.29, 1.82) is 0 Å². The second-order valence-electron chi connectivity index (χ2n) is 4.12. The zero-order chi connectivity index (χ0) is 15.6. The predicted molar refractivity (Wildman–Crippen MR) is 76.1 cm³/mol. The molecule has 0 aliphatic carbocycles. The van der Waals surface area contributed by atoms with Gasteiger partial charge in [-0.1, -0.05) is 0 Å². The largest absolute Gasteiger partial charge is 0.399 e. The summed E-state index contributed by atoms with van der Waals surface area (Å²) < 4.78 is 25.4. The third-order valence-corrected chi connectivity index (χ3v) is 4.33. The van der Waals surface area contributed by atoms with Gasteiger partial charge < -0.3 is 5.73 Å². The molecule has 8 nitrogen and oxygen atoms in total. The number of rotatable bonds is 3. The van der Waals surface area contributed by atoms with E-state index in [1.807, 2.05) is 0 Å². The Morgan fingerprint density at radius 2 is 1.86 bits per heavy atom. The first-order chi connectivity index (χ1) is 9.82. The number of amides is 1. The second-order valence-corrected chi connectivity index (χ2v) is 5.90. The first-order valence-electron chi connectivity index (χ1n) is 5.79. The average molecular weight is 308 g/mol. The topological polar surface area (TPSA) is 126 Å². The molecule has 1 aromatic heterocycles. The van der Waals surface area contributed by atoms with Gasteiger partial charge in [0.1, 0.15) is 0 Å². The van der Waals surface area contributed by atoms with E-state index in [2.05, 4.69) is 9.97 Å². The lowest BCUT2D eigenvalue weighted by molar-refractivity contribution is -0.115. The van der Waals surface area contributed by atoms with Gasteiger partial charge in [0.15, 0.2) is 0 Å². The number of benzene rings is 1. The summed E-state index contributed by atoms with van der Waals surface area (Å²) in [6.07, 6.45) is 1.11. The highest BCUT2D eigenvalue weighted by Gasteiger charge is 2.30. The lowest BCUT2D eigenvalue weighted by atomic mass is 10.3. The molecule has 9 heteroatoms. The average Bonchev–Trinajstić information content (AvgIpc) is 2.38. The summed E-state index contributed by atoms with van der Waals surface area (Å²) in [5.41, 5.74) is 5.31. The van der Waals surface area contributed by atoms with Crippen LogP contribution >= 0.6 is 0 Å². The molecule has 21 heavy (non-hydrogen) atoms. The molecule has 0 atom stereocenters. The Labute approximate surface area is 120 Å². The number of carbonyl (C=O) groups excluding carboxylic acids is 1. The maximum Gasteiger partial charge on any atom is 0.273 e. The van der Waals surface area contributed by atoms with Crippen LogP contribution in [-0.4, -0.2) is 24.3 Å². The molecule has 1 heterocycles. The molecular weight excluding hydrogens is 296 g/mol. The number of nitrogen functional groups attached to an aromatic ring is 1. The number of hydrogen-bond acceptors (Lipinski definition) is 6. The van der Waals surface area contributed by atoms with Gasteiger partial charge in [0.05, 0.1) is 4.90 Å². The van der Waals surface area contributed by atoms with Crippen molar-refractivity contribution in [3.8, 4) is 0 Å². The fraction of sp³-hybridized carbons (Fsp3) is 0.0833.